The van der Waals surface area contributed by atoms with Gasteiger partial charge >= 0.3 is 0 Å². The molecule has 0 radical (unpaired) electrons. The molecule has 29 heavy (non-hydrogen) atoms. The van der Waals surface area contributed by atoms with E-state index in [9.17, 15) is 9.59 Å². The van der Waals surface area contributed by atoms with Gasteiger partial charge in [-0.05, 0) is 36.4 Å². The number of piperidine rings is 1. The van der Waals surface area contributed by atoms with Crippen LogP contribution >= 0.6 is 34.3 Å². The van der Waals surface area contributed by atoms with Gasteiger partial charge in [0.15, 0.2) is 0 Å². The number of anilines is 1. The highest BCUT2D eigenvalue weighted by atomic mass is 35.5. The molecular weight excluding hydrogens is 428 g/mol. The Labute approximate surface area is 182 Å². The third-order valence-corrected chi connectivity index (χ3v) is 7.03. The predicted octanol–water partition coefficient (Wildman–Crippen LogP) is 4.69. The Kier molecular flexibility index (Phi) is 6.03. The first-order valence-corrected chi connectivity index (χ1v) is 11.6. The van der Waals surface area contributed by atoms with Gasteiger partial charge in [0.2, 0.25) is 5.91 Å². The minimum absolute atomic E-state index is 0.110. The molecule has 4 rings (SSSR count). The maximum atomic E-state index is 13.0. The topological polar surface area (TPSA) is 67.2 Å². The summed E-state index contributed by atoms with van der Waals surface area (Å²) in [6.07, 6.45) is 1.70. The van der Waals surface area contributed by atoms with Gasteiger partial charge in [-0.25, -0.2) is 0 Å². The van der Waals surface area contributed by atoms with Gasteiger partial charge in [0.05, 0.1) is 22.1 Å². The number of hydrogen-bond acceptors (Lipinski definition) is 6. The molecule has 1 amide bonds. The molecule has 0 aliphatic carbocycles. The number of thiophene rings is 2. The highest BCUT2D eigenvalue weighted by Crippen LogP contribution is 2.30. The monoisotopic (exact) mass is 448 g/mol. The van der Waals surface area contributed by atoms with Crippen LogP contribution < -0.4 is 5.32 Å². The van der Waals surface area contributed by atoms with Gasteiger partial charge in [-0.15, -0.1) is 11.3 Å². The van der Waals surface area contributed by atoms with Crippen molar-refractivity contribution in [1.82, 2.24) is 14.7 Å². The van der Waals surface area contributed by atoms with Crippen molar-refractivity contribution >= 4 is 51.9 Å². The number of carbonyl (C=O) groups excluding carboxylic acids is 2. The largest absolute Gasteiger partial charge is 0.365 e. The number of nitrogens with one attached hydrogen (secondary N) is 1. The van der Waals surface area contributed by atoms with Crippen LogP contribution in [0.2, 0.25) is 4.34 Å². The first-order chi connectivity index (χ1) is 14.0. The number of nitrogens with zero attached hydrogens (tertiary/aromatic N) is 3. The van der Waals surface area contributed by atoms with E-state index in [1.165, 1.54) is 27.4 Å². The summed E-state index contributed by atoms with van der Waals surface area (Å²) in [5.41, 5.74) is 1.52. The lowest BCUT2D eigenvalue weighted by Gasteiger charge is -2.30. The average molecular weight is 449 g/mol. The van der Waals surface area contributed by atoms with Crippen molar-refractivity contribution in [1.29, 1.82) is 0 Å². The van der Waals surface area contributed by atoms with E-state index in [1.807, 2.05) is 39.9 Å². The summed E-state index contributed by atoms with van der Waals surface area (Å²) in [6.45, 7) is 3.62. The Balaban J connectivity index is 1.56. The number of likely N-dealkylation sites (tertiary alicyclic amines) is 1. The first kappa shape index (κ1) is 20.1. The van der Waals surface area contributed by atoms with E-state index in [0.717, 1.165) is 40.8 Å². The van der Waals surface area contributed by atoms with Crippen LogP contribution in [0.15, 0.2) is 35.0 Å². The molecule has 1 aliphatic rings. The zero-order valence-corrected chi connectivity index (χ0v) is 18.3. The number of hydrogen-bond donors (Lipinski definition) is 1. The van der Waals surface area contributed by atoms with E-state index in [-0.39, 0.29) is 17.7 Å². The number of amides is 1. The van der Waals surface area contributed by atoms with Crippen molar-refractivity contribution in [2.24, 2.45) is 0 Å². The molecule has 0 aromatic carbocycles. The second kappa shape index (κ2) is 8.69. The van der Waals surface area contributed by atoms with E-state index in [1.54, 1.807) is 6.92 Å². The van der Waals surface area contributed by atoms with Gasteiger partial charge in [0.25, 0.3) is 5.91 Å². The van der Waals surface area contributed by atoms with Crippen LogP contribution in [0.3, 0.4) is 0 Å². The Morgan fingerprint density at radius 2 is 2.07 bits per heavy atom. The van der Waals surface area contributed by atoms with Crippen LogP contribution in [0.1, 0.15) is 46.6 Å². The van der Waals surface area contributed by atoms with E-state index in [4.69, 9.17) is 11.6 Å². The molecule has 1 saturated heterocycles. The third kappa shape index (κ3) is 4.55. The van der Waals surface area contributed by atoms with Gasteiger partial charge in [-0.1, -0.05) is 11.6 Å². The fraction of sp³-hybridized carbons (Fsp3) is 0.350. The van der Waals surface area contributed by atoms with Gasteiger partial charge in [0.1, 0.15) is 5.82 Å². The molecule has 1 N–H and O–H groups in total. The second-order valence-corrected chi connectivity index (χ2v) is 9.60. The molecule has 0 spiro atoms. The SMILES string of the molecule is CC(=O)N1CCC(c2cc(NCc3ccc(Cl)s3)n(C(=O)c3ccsc3)n2)CC1. The minimum atomic E-state index is -0.148. The highest BCUT2D eigenvalue weighted by Gasteiger charge is 2.26. The van der Waals surface area contributed by atoms with Crippen molar-refractivity contribution in [2.75, 3.05) is 18.4 Å². The summed E-state index contributed by atoms with van der Waals surface area (Å²) in [6, 6.07) is 7.61. The predicted molar refractivity (Wildman–Crippen MR) is 117 cm³/mol. The number of rotatable bonds is 5. The van der Waals surface area contributed by atoms with Crippen LogP contribution in [0.4, 0.5) is 5.82 Å². The lowest BCUT2D eigenvalue weighted by Crippen LogP contribution is -2.36. The fourth-order valence-electron chi connectivity index (χ4n) is 3.50. The maximum absolute atomic E-state index is 13.0. The van der Waals surface area contributed by atoms with Crippen molar-refractivity contribution in [2.45, 2.75) is 32.2 Å². The van der Waals surface area contributed by atoms with Gasteiger partial charge in [-0.3, -0.25) is 9.59 Å². The molecule has 1 fully saturated rings. The summed E-state index contributed by atoms with van der Waals surface area (Å²) in [5, 5.41) is 11.7. The summed E-state index contributed by atoms with van der Waals surface area (Å²) < 4.78 is 2.20. The Bertz CT molecular complexity index is 1000. The molecule has 1 aliphatic heterocycles. The smallest absolute Gasteiger partial charge is 0.280 e. The van der Waals surface area contributed by atoms with Gasteiger partial charge < -0.3 is 10.2 Å². The minimum Gasteiger partial charge on any atom is -0.365 e. The maximum Gasteiger partial charge on any atom is 0.280 e. The van der Waals surface area contributed by atoms with Gasteiger partial charge in [-0.2, -0.15) is 21.1 Å². The molecular formula is C20H21ClN4O2S2. The number of aromatic nitrogens is 2. The molecule has 0 bridgehead atoms. The average Bonchev–Trinajstić information content (AvgIpc) is 3.47. The second-order valence-electron chi connectivity index (χ2n) is 7.02. The molecule has 0 unspecified atom stereocenters. The summed E-state index contributed by atoms with van der Waals surface area (Å²) in [7, 11) is 0. The third-order valence-electron chi connectivity index (χ3n) is 5.12. The molecule has 9 heteroatoms. The molecule has 3 aromatic rings. The Morgan fingerprint density at radius 1 is 1.28 bits per heavy atom. The van der Waals surface area contributed by atoms with Crippen molar-refractivity contribution in [3.05, 3.63) is 55.5 Å². The number of halogens is 1. The van der Waals surface area contributed by atoms with E-state index >= 15 is 0 Å². The molecule has 3 aromatic heterocycles. The zero-order chi connectivity index (χ0) is 20.4. The molecule has 0 atom stereocenters. The summed E-state index contributed by atoms with van der Waals surface area (Å²) in [4.78, 5) is 27.5. The zero-order valence-electron chi connectivity index (χ0n) is 15.9. The first-order valence-electron chi connectivity index (χ1n) is 9.41. The highest BCUT2D eigenvalue weighted by molar-refractivity contribution is 7.16. The van der Waals surface area contributed by atoms with E-state index < -0.39 is 0 Å². The van der Waals surface area contributed by atoms with Crippen molar-refractivity contribution < 1.29 is 9.59 Å². The standard InChI is InChI=1S/C20H21ClN4O2S2/c1-13(26)24-7-4-14(5-8-24)17-10-19(22-11-16-2-3-18(21)29-16)25(23-17)20(27)15-6-9-28-12-15/h2-3,6,9-10,12,14,22H,4-5,7-8,11H2,1H3. The van der Waals surface area contributed by atoms with Crippen LogP contribution in [0.25, 0.3) is 0 Å². The molecule has 152 valence electrons. The Hall–Kier alpha value is -2.16. The summed E-state index contributed by atoms with van der Waals surface area (Å²) >= 11 is 9.02. The van der Waals surface area contributed by atoms with Crippen LogP contribution in [0, 0.1) is 0 Å². The number of carbonyl (C=O) groups is 2. The quantitative estimate of drug-likeness (QED) is 0.615. The van der Waals surface area contributed by atoms with Crippen molar-refractivity contribution in [3.8, 4) is 0 Å². The van der Waals surface area contributed by atoms with Crippen LogP contribution in [-0.4, -0.2) is 39.6 Å². The fourth-order valence-corrected chi connectivity index (χ4v) is 5.16. The normalized spacial score (nSPS) is 14.9. The van der Waals surface area contributed by atoms with Crippen LogP contribution in [-0.2, 0) is 11.3 Å². The van der Waals surface area contributed by atoms with Gasteiger partial charge in [0, 0.05) is 42.3 Å². The van der Waals surface area contributed by atoms with E-state index in [2.05, 4.69) is 10.4 Å². The van der Waals surface area contributed by atoms with Crippen molar-refractivity contribution in [3.63, 3.8) is 0 Å². The van der Waals surface area contributed by atoms with Crippen LogP contribution in [0.5, 0.6) is 0 Å². The molecule has 6 nitrogen and oxygen atoms in total. The van der Waals surface area contributed by atoms with E-state index in [0.29, 0.717) is 17.9 Å². The lowest BCUT2D eigenvalue weighted by molar-refractivity contribution is -0.129. The molecule has 0 saturated carbocycles. The lowest BCUT2D eigenvalue weighted by atomic mass is 9.93. The molecule has 4 heterocycles. The summed E-state index contributed by atoms with van der Waals surface area (Å²) in [5.74, 6) is 0.873. The Morgan fingerprint density at radius 3 is 2.69 bits per heavy atom.